The van der Waals surface area contributed by atoms with Crippen LogP contribution >= 0.6 is 0 Å². The van der Waals surface area contributed by atoms with Gasteiger partial charge in [0.1, 0.15) is 5.52 Å². The van der Waals surface area contributed by atoms with Crippen LogP contribution in [-0.4, -0.2) is 21.2 Å². The number of nitrogens with one attached hydrogen (secondary N) is 3. The van der Waals surface area contributed by atoms with E-state index in [2.05, 4.69) is 33.0 Å². The predicted octanol–water partition coefficient (Wildman–Crippen LogP) is 7.81. The lowest BCUT2D eigenvalue weighted by Crippen LogP contribution is -2.20. The molecule has 38 heavy (non-hydrogen) atoms. The molecular formula is C31H25N5O2. The molecule has 0 saturated carbocycles. The van der Waals surface area contributed by atoms with Crippen LogP contribution in [0, 0.1) is 13.8 Å². The van der Waals surface area contributed by atoms with E-state index < -0.39 is 0 Å². The molecule has 0 aliphatic heterocycles. The third kappa shape index (κ3) is 4.53. The molecule has 0 atom stereocenters. The first-order valence-electron chi connectivity index (χ1n) is 12.3. The fourth-order valence-electron chi connectivity index (χ4n) is 4.56. The minimum absolute atomic E-state index is 0.308. The van der Waals surface area contributed by atoms with Crippen molar-refractivity contribution in [1.29, 1.82) is 0 Å². The molecule has 0 aliphatic rings. The van der Waals surface area contributed by atoms with Gasteiger partial charge in [-0.15, -0.1) is 0 Å². The first kappa shape index (κ1) is 23.2. The summed E-state index contributed by atoms with van der Waals surface area (Å²) in [4.78, 5) is 17.5. The average molecular weight is 500 g/mol. The van der Waals surface area contributed by atoms with Gasteiger partial charge in [-0.3, -0.25) is 5.10 Å². The van der Waals surface area contributed by atoms with E-state index in [9.17, 15) is 4.79 Å². The summed E-state index contributed by atoms with van der Waals surface area (Å²) in [5, 5.41) is 13.2. The Morgan fingerprint density at radius 1 is 0.789 bits per heavy atom. The predicted molar refractivity (Wildman–Crippen MR) is 151 cm³/mol. The first-order chi connectivity index (χ1) is 18.5. The molecule has 0 spiro atoms. The number of urea groups is 1. The van der Waals surface area contributed by atoms with Crippen molar-refractivity contribution in [3.8, 4) is 33.8 Å². The number of benzene rings is 4. The summed E-state index contributed by atoms with van der Waals surface area (Å²) in [5.74, 6) is 0.472. The Kier molecular flexibility index (Phi) is 5.94. The Morgan fingerprint density at radius 2 is 1.55 bits per heavy atom. The van der Waals surface area contributed by atoms with Crippen LogP contribution in [0.4, 0.5) is 16.2 Å². The summed E-state index contributed by atoms with van der Waals surface area (Å²) < 4.78 is 6.10. The number of H-pyrrole nitrogens is 1. The van der Waals surface area contributed by atoms with Crippen molar-refractivity contribution in [3.63, 3.8) is 0 Å². The summed E-state index contributed by atoms with van der Waals surface area (Å²) in [6, 6.07) is 29.3. The summed E-state index contributed by atoms with van der Waals surface area (Å²) in [5.41, 5.74) is 9.46. The molecule has 4 aromatic carbocycles. The summed E-state index contributed by atoms with van der Waals surface area (Å²) in [6.07, 6.45) is 1.70. The van der Waals surface area contributed by atoms with E-state index >= 15 is 0 Å². The second kappa shape index (κ2) is 9.71. The van der Waals surface area contributed by atoms with Gasteiger partial charge in [0.15, 0.2) is 5.58 Å². The Balaban J connectivity index is 1.26. The minimum Gasteiger partial charge on any atom is -0.436 e. The average Bonchev–Trinajstić information content (AvgIpc) is 3.58. The maximum atomic E-state index is 12.7. The number of para-hydroxylation sites is 1. The van der Waals surface area contributed by atoms with Crippen LogP contribution in [0.25, 0.3) is 44.9 Å². The number of hydrogen-bond donors (Lipinski definition) is 3. The molecule has 2 heterocycles. The molecule has 2 aromatic heterocycles. The number of nitrogens with zero attached hydrogens (tertiary/aromatic N) is 2. The third-order valence-electron chi connectivity index (χ3n) is 6.49. The molecule has 3 N–H and O–H groups in total. The second-order valence-electron chi connectivity index (χ2n) is 9.15. The van der Waals surface area contributed by atoms with Crippen LogP contribution in [0.15, 0.2) is 102 Å². The lowest BCUT2D eigenvalue weighted by atomic mass is 10.1. The first-order valence-corrected chi connectivity index (χ1v) is 12.3. The topological polar surface area (TPSA) is 95.8 Å². The van der Waals surface area contributed by atoms with Crippen LogP contribution in [0.2, 0.25) is 0 Å². The SMILES string of the molecule is Cc1cccc(C)c1NC(=O)Nc1cccc(-c2[nH]ncc2-c2nc3cc(-c4ccccc4)ccc3o2)c1. The maximum absolute atomic E-state index is 12.7. The van der Waals surface area contributed by atoms with Crippen molar-refractivity contribution in [2.75, 3.05) is 10.6 Å². The Bertz CT molecular complexity index is 1750. The van der Waals surface area contributed by atoms with Crippen molar-refractivity contribution in [1.82, 2.24) is 15.2 Å². The largest absolute Gasteiger partial charge is 0.436 e. The van der Waals surface area contributed by atoms with Crippen molar-refractivity contribution < 1.29 is 9.21 Å². The number of aryl methyl sites for hydroxylation is 2. The number of anilines is 2. The van der Waals surface area contributed by atoms with Crippen molar-refractivity contribution in [2.24, 2.45) is 0 Å². The van der Waals surface area contributed by atoms with Gasteiger partial charge in [-0.2, -0.15) is 5.10 Å². The highest BCUT2D eigenvalue weighted by atomic mass is 16.3. The van der Waals surface area contributed by atoms with Crippen LogP contribution < -0.4 is 10.6 Å². The number of rotatable bonds is 5. The molecule has 0 fully saturated rings. The van der Waals surface area contributed by atoms with Gasteiger partial charge in [-0.1, -0.05) is 66.7 Å². The standard InChI is InChI=1S/C31H25N5O2/c1-19-8-6-9-20(2)28(19)35-31(37)33-24-13-7-12-23(16-24)29-25(18-32-36-29)30-34-26-17-22(14-15-27(26)38-30)21-10-4-3-5-11-21/h3-18H,1-2H3,(H,32,36)(H2,33,35,37). The number of carbonyl (C=O) groups excluding carboxylic acids is 1. The van der Waals surface area contributed by atoms with Gasteiger partial charge < -0.3 is 15.1 Å². The number of aromatic amines is 1. The number of hydrogen-bond acceptors (Lipinski definition) is 4. The lowest BCUT2D eigenvalue weighted by Gasteiger charge is -2.13. The van der Waals surface area contributed by atoms with Gasteiger partial charge in [0, 0.05) is 16.9 Å². The number of amides is 2. The molecule has 6 rings (SSSR count). The van der Waals surface area contributed by atoms with E-state index in [1.807, 2.05) is 92.7 Å². The fraction of sp³-hybridized carbons (Fsp3) is 0.0645. The van der Waals surface area contributed by atoms with Gasteiger partial charge >= 0.3 is 6.03 Å². The molecule has 0 saturated heterocycles. The molecular weight excluding hydrogens is 474 g/mol. The van der Waals surface area contributed by atoms with Gasteiger partial charge in [0.2, 0.25) is 5.89 Å². The number of oxazole rings is 1. The highest BCUT2D eigenvalue weighted by Crippen LogP contribution is 2.34. The minimum atomic E-state index is -0.308. The van der Waals surface area contributed by atoms with Crippen LogP contribution in [0.5, 0.6) is 0 Å². The van der Waals surface area contributed by atoms with Crippen molar-refractivity contribution in [3.05, 3.63) is 108 Å². The highest BCUT2D eigenvalue weighted by Gasteiger charge is 2.17. The van der Waals surface area contributed by atoms with Gasteiger partial charge in [-0.25, -0.2) is 9.78 Å². The molecule has 186 valence electrons. The van der Waals surface area contributed by atoms with Crippen LogP contribution in [-0.2, 0) is 0 Å². The Morgan fingerprint density at radius 3 is 2.37 bits per heavy atom. The van der Waals surface area contributed by atoms with Gasteiger partial charge in [-0.05, 0) is 60.4 Å². The lowest BCUT2D eigenvalue weighted by molar-refractivity contribution is 0.262. The molecule has 0 unspecified atom stereocenters. The van der Waals surface area contributed by atoms with Gasteiger partial charge in [0.05, 0.1) is 17.5 Å². The highest BCUT2D eigenvalue weighted by molar-refractivity contribution is 6.01. The molecule has 0 aliphatic carbocycles. The van der Waals surface area contributed by atoms with Gasteiger partial charge in [0.25, 0.3) is 0 Å². The van der Waals surface area contributed by atoms with Crippen molar-refractivity contribution >= 4 is 28.5 Å². The molecule has 6 aromatic rings. The van der Waals surface area contributed by atoms with E-state index in [0.29, 0.717) is 17.2 Å². The monoisotopic (exact) mass is 499 g/mol. The van der Waals surface area contributed by atoms with E-state index in [0.717, 1.165) is 50.3 Å². The second-order valence-corrected chi connectivity index (χ2v) is 9.15. The Labute approximate surface area is 219 Å². The third-order valence-corrected chi connectivity index (χ3v) is 6.49. The molecule has 0 radical (unpaired) electrons. The molecule has 7 heteroatoms. The summed E-state index contributed by atoms with van der Waals surface area (Å²) >= 11 is 0. The van der Waals surface area contributed by atoms with Crippen molar-refractivity contribution in [2.45, 2.75) is 13.8 Å². The zero-order chi connectivity index (χ0) is 26.1. The molecule has 0 bridgehead atoms. The zero-order valence-corrected chi connectivity index (χ0v) is 20.9. The summed E-state index contributed by atoms with van der Waals surface area (Å²) in [6.45, 7) is 3.94. The fourth-order valence-corrected chi connectivity index (χ4v) is 4.56. The number of aromatic nitrogens is 3. The normalized spacial score (nSPS) is 11.0. The number of carbonyl (C=O) groups is 1. The van der Waals surface area contributed by atoms with E-state index in [1.54, 1.807) is 6.20 Å². The maximum Gasteiger partial charge on any atom is 0.323 e. The summed E-state index contributed by atoms with van der Waals surface area (Å²) in [7, 11) is 0. The molecule has 7 nitrogen and oxygen atoms in total. The van der Waals surface area contributed by atoms with Crippen LogP contribution in [0.1, 0.15) is 11.1 Å². The van der Waals surface area contributed by atoms with E-state index in [1.165, 1.54) is 0 Å². The smallest absolute Gasteiger partial charge is 0.323 e. The van der Waals surface area contributed by atoms with E-state index in [4.69, 9.17) is 9.40 Å². The van der Waals surface area contributed by atoms with Crippen LogP contribution in [0.3, 0.4) is 0 Å². The number of fused-ring (bicyclic) bond motifs is 1. The molecule has 2 amide bonds. The van der Waals surface area contributed by atoms with E-state index in [-0.39, 0.29) is 6.03 Å². The Hall–Kier alpha value is -5.17. The zero-order valence-electron chi connectivity index (χ0n) is 20.9. The quantitative estimate of drug-likeness (QED) is 0.225.